The topological polar surface area (TPSA) is 15.3 Å². The lowest BCUT2D eigenvalue weighted by atomic mass is 9.79. The molecule has 2 fully saturated rings. The van der Waals surface area contributed by atoms with Crippen molar-refractivity contribution in [2.24, 2.45) is 0 Å². The molecule has 1 saturated carbocycles. The van der Waals surface area contributed by atoms with Gasteiger partial charge in [-0.25, -0.2) is 0 Å². The van der Waals surface area contributed by atoms with Gasteiger partial charge in [-0.05, 0) is 26.7 Å². The summed E-state index contributed by atoms with van der Waals surface area (Å²) in [6.45, 7) is 7.99. The van der Waals surface area contributed by atoms with Crippen LogP contribution in [-0.2, 0) is 0 Å². The standard InChI is InChI=1S/C14H26N2/c1-3-4-10-16-12-14(15-11-13(16)2)8-6-5-7-9-14/h3-4,13,15H,5-12H2,1-2H3/b4-3+. The fraction of sp³-hybridized carbons (Fsp3) is 0.857. The van der Waals surface area contributed by atoms with Crippen molar-refractivity contribution in [1.82, 2.24) is 10.2 Å². The summed E-state index contributed by atoms with van der Waals surface area (Å²) in [5.74, 6) is 0. The van der Waals surface area contributed by atoms with E-state index in [1.165, 1.54) is 38.6 Å². The SMILES string of the molecule is C/C=C/CN1CC2(CCCCC2)NCC1C. The van der Waals surface area contributed by atoms with Gasteiger partial charge in [0.15, 0.2) is 0 Å². The van der Waals surface area contributed by atoms with Crippen LogP contribution in [0.2, 0.25) is 0 Å². The third-order valence-corrected chi connectivity index (χ3v) is 4.29. The molecule has 1 heterocycles. The highest BCUT2D eigenvalue weighted by Crippen LogP contribution is 2.31. The molecule has 1 atom stereocenters. The Kier molecular flexibility index (Phi) is 4.04. The number of hydrogen-bond acceptors (Lipinski definition) is 2. The molecule has 1 spiro atoms. The summed E-state index contributed by atoms with van der Waals surface area (Å²) in [5.41, 5.74) is 0.451. The molecule has 1 unspecified atom stereocenters. The van der Waals surface area contributed by atoms with Crippen LogP contribution in [0.25, 0.3) is 0 Å². The van der Waals surface area contributed by atoms with Gasteiger partial charge in [-0.2, -0.15) is 0 Å². The van der Waals surface area contributed by atoms with E-state index in [9.17, 15) is 0 Å². The van der Waals surface area contributed by atoms with Crippen molar-refractivity contribution in [3.8, 4) is 0 Å². The number of nitrogens with one attached hydrogen (secondary N) is 1. The molecule has 2 nitrogen and oxygen atoms in total. The zero-order valence-corrected chi connectivity index (χ0v) is 10.8. The summed E-state index contributed by atoms with van der Waals surface area (Å²) in [7, 11) is 0. The van der Waals surface area contributed by atoms with Gasteiger partial charge in [-0.3, -0.25) is 4.90 Å². The molecule has 1 aliphatic carbocycles. The van der Waals surface area contributed by atoms with E-state index in [-0.39, 0.29) is 0 Å². The van der Waals surface area contributed by atoms with Gasteiger partial charge in [0.05, 0.1) is 0 Å². The van der Waals surface area contributed by atoms with Crippen molar-refractivity contribution in [2.75, 3.05) is 19.6 Å². The van der Waals surface area contributed by atoms with E-state index in [0.717, 1.165) is 13.1 Å². The molecular weight excluding hydrogens is 196 g/mol. The van der Waals surface area contributed by atoms with Gasteiger partial charge in [0.1, 0.15) is 0 Å². The second-order valence-corrected chi connectivity index (χ2v) is 5.57. The van der Waals surface area contributed by atoms with Crippen LogP contribution in [0.4, 0.5) is 0 Å². The Balaban J connectivity index is 1.97. The minimum Gasteiger partial charge on any atom is -0.308 e. The van der Waals surface area contributed by atoms with Crippen molar-refractivity contribution in [1.29, 1.82) is 0 Å². The lowest BCUT2D eigenvalue weighted by Gasteiger charge is -2.48. The summed E-state index contributed by atoms with van der Waals surface area (Å²) in [5, 5.41) is 3.82. The first-order chi connectivity index (χ1) is 7.76. The van der Waals surface area contributed by atoms with Gasteiger partial charge in [0.25, 0.3) is 0 Å². The summed E-state index contributed by atoms with van der Waals surface area (Å²) in [6, 6.07) is 0.684. The molecule has 16 heavy (non-hydrogen) atoms. The van der Waals surface area contributed by atoms with E-state index in [0.29, 0.717) is 11.6 Å². The quantitative estimate of drug-likeness (QED) is 0.722. The maximum atomic E-state index is 3.82. The van der Waals surface area contributed by atoms with Gasteiger partial charge in [-0.1, -0.05) is 31.4 Å². The second kappa shape index (κ2) is 5.33. The van der Waals surface area contributed by atoms with E-state index < -0.39 is 0 Å². The van der Waals surface area contributed by atoms with E-state index in [1.807, 2.05) is 0 Å². The number of rotatable bonds is 2. The molecule has 0 radical (unpaired) electrons. The molecule has 1 aliphatic heterocycles. The highest BCUT2D eigenvalue weighted by molar-refractivity contribution is 5.00. The monoisotopic (exact) mass is 222 g/mol. The highest BCUT2D eigenvalue weighted by Gasteiger charge is 2.37. The van der Waals surface area contributed by atoms with Crippen LogP contribution in [0.5, 0.6) is 0 Å². The normalized spacial score (nSPS) is 31.2. The van der Waals surface area contributed by atoms with Gasteiger partial charge < -0.3 is 5.32 Å². The molecule has 2 aliphatic rings. The predicted molar refractivity (Wildman–Crippen MR) is 69.7 cm³/mol. The van der Waals surface area contributed by atoms with Gasteiger partial charge in [0.2, 0.25) is 0 Å². The molecule has 1 saturated heterocycles. The summed E-state index contributed by atoms with van der Waals surface area (Å²) >= 11 is 0. The Morgan fingerprint density at radius 3 is 2.75 bits per heavy atom. The van der Waals surface area contributed by atoms with E-state index in [1.54, 1.807) is 0 Å². The molecule has 92 valence electrons. The fourth-order valence-electron chi connectivity index (χ4n) is 3.14. The molecule has 2 rings (SSSR count). The average molecular weight is 222 g/mol. The summed E-state index contributed by atoms with van der Waals surface area (Å²) in [6.07, 6.45) is 11.5. The Bertz CT molecular complexity index is 241. The van der Waals surface area contributed by atoms with E-state index in [2.05, 4.69) is 36.2 Å². The third kappa shape index (κ3) is 2.67. The molecule has 2 heteroatoms. The highest BCUT2D eigenvalue weighted by atomic mass is 15.2. The number of piperazine rings is 1. The Morgan fingerprint density at radius 1 is 1.31 bits per heavy atom. The zero-order valence-electron chi connectivity index (χ0n) is 10.8. The van der Waals surface area contributed by atoms with Crippen LogP contribution in [0.15, 0.2) is 12.2 Å². The van der Waals surface area contributed by atoms with Gasteiger partial charge in [-0.15, -0.1) is 0 Å². The zero-order chi connectivity index (χ0) is 11.4. The lowest BCUT2D eigenvalue weighted by molar-refractivity contribution is 0.0718. The Morgan fingerprint density at radius 2 is 2.06 bits per heavy atom. The van der Waals surface area contributed by atoms with E-state index in [4.69, 9.17) is 0 Å². The van der Waals surface area contributed by atoms with Crippen LogP contribution < -0.4 is 5.32 Å². The number of allylic oxidation sites excluding steroid dienone is 1. The van der Waals surface area contributed by atoms with E-state index >= 15 is 0 Å². The third-order valence-electron chi connectivity index (χ3n) is 4.29. The number of nitrogens with zero attached hydrogens (tertiary/aromatic N) is 1. The van der Waals surface area contributed by atoms with Crippen LogP contribution >= 0.6 is 0 Å². The molecule has 0 aromatic rings. The number of hydrogen-bond donors (Lipinski definition) is 1. The van der Waals surface area contributed by atoms with Crippen molar-refractivity contribution < 1.29 is 0 Å². The smallest absolute Gasteiger partial charge is 0.0309 e. The predicted octanol–water partition coefficient (Wildman–Crippen LogP) is 2.56. The van der Waals surface area contributed by atoms with Crippen LogP contribution in [0, 0.1) is 0 Å². The lowest BCUT2D eigenvalue weighted by Crippen LogP contribution is -2.64. The Labute approximate surface area is 100 Å². The maximum Gasteiger partial charge on any atom is 0.0309 e. The largest absolute Gasteiger partial charge is 0.308 e. The molecule has 0 amide bonds. The first-order valence-corrected chi connectivity index (χ1v) is 6.86. The van der Waals surface area contributed by atoms with Gasteiger partial charge in [0, 0.05) is 31.2 Å². The molecule has 1 N–H and O–H groups in total. The van der Waals surface area contributed by atoms with Crippen molar-refractivity contribution in [3.05, 3.63) is 12.2 Å². The molecule has 0 bridgehead atoms. The first-order valence-electron chi connectivity index (χ1n) is 6.86. The minimum atomic E-state index is 0.451. The van der Waals surface area contributed by atoms with Crippen LogP contribution in [0.3, 0.4) is 0 Å². The van der Waals surface area contributed by atoms with Crippen molar-refractivity contribution in [3.63, 3.8) is 0 Å². The van der Waals surface area contributed by atoms with Crippen LogP contribution in [-0.4, -0.2) is 36.1 Å². The van der Waals surface area contributed by atoms with Crippen molar-refractivity contribution >= 4 is 0 Å². The summed E-state index contributed by atoms with van der Waals surface area (Å²) < 4.78 is 0. The molecule has 0 aromatic carbocycles. The Hall–Kier alpha value is -0.340. The maximum absolute atomic E-state index is 3.82. The fourth-order valence-corrected chi connectivity index (χ4v) is 3.14. The average Bonchev–Trinajstić information content (AvgIpc) is 2.32. The van der Waals surface area contributed by atoms with Crippen molar-refractivity contribution in [2.45, 2.75) is 57.5 Å². The van der Waals surface area contributed by atoms with Gasteiger partial charge >= 0.3 is 0 Å². The first kappa shape index (κ1) is 12.1. The molecule has 0 aromatic heterocycles. The second-order valence-electron chi connectivity index (χ2n) is 5.57. The molecular formula is C14H26N2. The van der Waals surface area contributed by atoms with Crippen LogP contribution in [0.1, 0.15) is 46.0 Å². The summed E-state index contributed by atoms with van der Waals surface area (Å²) in [4.78, 5) is 2.64. The minimum absolute atomic E-state index is 0.451.